The number of hydrogen-bond acceptors (Lipinski definition) is 5. The van der Waals surface area contributed by atoms with Gasteiger partial charge in [0.2, 0.25) is 5.91 Å². The molecule has 182 valence electrons. The van der Waals surface area contributed by atoms with Crippen molar-refractivity contribution >= 4 is 11.8 Å². The van der Waals surface area contributed by atoms with Gasteiger partial charge in [-0.05, 0) is 49.8 Å². The second-order valence-electron chi connectivity index (χ2n) is 9.22. The van der Waals surface area contributed by atoms with Gasteiger partial charge in [0.25, 0.3) is 5.91 Å². The summed E-state index contributed by atoms with van der Waals surface area (Å²) in [5.74, 6) is 0.592. The van der Waals surface area contributed by atoms with Crippen LogP contribution in [-0.4, -0.2) is 65.6 Å². The van der Waals surface area contributed by atoms with Crippen LogP contribution in [0.3, 0.4) is 0 Å². The molecule has 1 unspecified atom stereocenters. The lowest BCUT2D eigenvalue weighted by Crippen LogP contribution is -2.43. The molecule has 0 aliphatic carbocycles. The topological polar surface area (TPSA) is 82.1 Å². The predicted molar refractivity (Wildman–Crippen MR) is 130 cm³/mol. The summed E-state index contributed by atoms with van der Waals surface area (Å²) in [6.45, 7) is 3.44. The minimum atomic E-state index is -0.486. The number of nitrogens with one attached hydrogen (secondary N) is 1. The van der Waals surface area contributed by atoms with Gasteiger partial charge in [-0.2, -0.15) is 0 Å². The SMILES string of the molecule is O=C1CN(Cc2ccccc2)Cc2c(cccc2C(=O)N2CCCC(O)C2)OCCCCCN1. The normalized spacial score (nSPS) is 20.7. The van der Waals surface area contributed by atoms with Crippen molar-refractivity contribution in [2.45, 2.75) is 51.3 Å². The van der Waals surface area contributed by atoms with E-state index in [1.165, 1.54) is 0 Å². The standard InChI is InChI=1S/C27H35N3O4/c31-22-11-8-15-30(18-22)27(33)23-12-7-13-25-24(23)19-29(17-21-9-3-1-4-10-21)20-26(32)28-14-5-2-6-16-34-25/h1,3-4,7,9-10,12-13,22,31H,2,5-6,8,11,14-20H2,(H,28,32). The molecule has 0 radical (unpaired) electrons. The van der Waals surface area contributed by atoms with Crippen molar-refractivity contribution in [2.75, 3.05) is 32.8 Å². The highest BCUT2D eigenvalue weighted by molar-refractivity contribution is 5.96. The Hall–Kier alpha value is -2.90. The average molecular weight is 466 g/mol. The first kappa shape index (κ1) is 24.2. The number of fused-ring (bicyclic) bond motifs is 1. The molecule has 0 saturated carbocycles. The van der Waals surface area contributed by atoms with Gasteiger partial charge in [-0.15, -0.1) is 0 Å². The molecule has 2 aromatic carbocycles. The summed E-state index contributed by atoms with van der Waals surface area (Å²) < 4.78 is 6.17. The molecule has 0 aromatic heterocycles. The number of rotatable bonds is 3. The summed E-state index contributed by atoms with van der Waals surface area (Å²) in [5.41, 5.74) is 2.49. The lowest BCUT2D eigenvalue weighted by Gasteiger charge is -2.31. The molecule has 1 fully saturated rings. The van der Waals surface area contributed by atoms with E-state index in [4.69, 9.17) is 4.74 Å². The third kappa shape index (κ3) is 6.58. The van der Waals surface area contributed by atoms with Crippen molar-refractivity contribution in [3.8, 4) is 5.75 Å². The van der Waals surface area contributed by atoms with E-state index in [1.54, 1.807) is 4.90 Å². The molecule has 4 rings (SSSR count). The number of carbonyl (C=O) groups excluding carboxylic acids is 2. The van der Waals surface area contributed by atoms with E-state index in [0.717, 1.165) is 43.2 Å². The molecule has 2 N–H and O–H groups in total. The number of amides is 2. The number of carbonyl (C=O) groups is 2. The number of benzene rings is 2. The second-order valence-corrected chi connectivity index (χ2v) is 9.22. The van der Waals surface area contributed by atoms with Gasteiger partial charge in [0, 0.05) is 43.9 Å². The van der Waals surface area contributed by atoms with Crippen molar-refractivity contribution < 1.29 is 19.4 Å². The molecule has 2 amide bonds. The number of ether oxygens (including phenoxy) is 1. The zero-order valence-corrected chi connectivity index (χ0v) is 19.7. The van der Waals surface area contributed by atoms with Gasteiger partial charge < -0.3 is 20.1 Å². The Labute approximate surface area is 201 Å². The van der Waals surface area contributed by atoms with Gasteiger partial charge >= 0.3 is 0 Å². The van der Waals surface area contributed by atoms with Crippen LogP contribution >= 0.6 is 0 Å². The van der Waals surface area contributed by atoms with E-state index in [9.17, 15) is 14.7 Å². The fourth-order valence-electron chi connectivity index (χ4n) is 4.68. The Morgan fingerprint density at radius 2 is 1.88 bits per heavy atom. The molecule has 1 atom stereocenters. The Morgan fingerprint density at radius 1 is 1.03 bits per heavy atom. The number of aliphatic hydroxyl groups is 1. The van der Waals surface area contributed by atoms with Gasteiger partial charge in [-0.1, -0.05) is 36.4 Å². The molecule has 1 saturated heterocycles. The van der Waals surface area contributed by atoms with Gasteiger partial charge in [0.15, 0.2) is 0 Å². The van der Waals surface area contributed by atoms with Gasteiger partial charge in [-0.3, -0.25) is 14.5 Å². The van der Waals surface area contributed by atoms with Crippen LogP contribution < -0.4 is 10.1 Å². The molecule has 7 heteroatoms. The molecule has 2 aliphatic rings. The number of nitrogens with zero attached hydrogens (tertiary/aromatic N) is 2. The van der Waals surface area contributed by atoms with E-state index in [1.807, 2.05) is 48.5 Å². The molecule has 0 spiro atoms. The Balaban J connectivity index is 1.66. The molecule has 34 heavy (non-hydrogen) atoms. The molecule has 2 aliphatic heterocycles. The van der Waals surface area contributed by atoms with Gasteiger partial charge in [0.1, 0.15) is 5.75 Å². The first-order valence-corrected chi connectivity index (χ1v) is 12.3. The second kappa shape index (κ2) is 12.0. The monoisotopic (exact) mass is 465 g/mol. The summed E-state index contributed by atoms with van der Waals surface area (Å²) in [6.07, 6.45) is 3.79. The van der Waals surface area contributed by atoms with Crippen LogP contribution in [0.1, 0.15) is 53.6 Å². The minimum Gasteiger partial charge on any atom is -0.493 e. The van der Waals surface area contributed by atoms with Crippen LogP contribution in [0.5, 0.6) is 5.75 Å². The predicted octanol–water partition coefficient (Wildman–Crippen LogP) is 2.96. The van der Waals surface area contributed by atoms with Crippen LogP contribution in [0.15, 0.2) is 48.5 Å². The smallest absolute Gasteiger partial charge is 0.254 e. The highest BCUT2D eigenvalue weighted by Gasteiger charge is 2.27. The zero-order valence-electron chi connectivity index (χ0n) is 19.7. The van der Waals surface area contributed by atoms with Crippen LogP contribution in [0, 0.1) is 0 Å². The van der Waals surface area contributed by atoms with Gasteiger partial charge in [0.05, 0.1) is 19.3 Å². The fraction of sp³-hybridized carbons (Fsp3) is 0.481. The molecule has 7 nitrogen and oxygen atoms in total. The molecule has 2 aromatic rings. The van der Waals surface area contributed by atoms with E-state index in [0.29, 0.717) is 50.6 Å². The number of aliphatic hydroxyl groups excluding tert-OH is 1. The minimum absolute atomic E-state index is 0.0133. The third-order valence-electron chi connectivity index (χ3n) is 6.45. The summed E-state index contributed by atoms with van der Waals surface area (Å²) in [6, 6.07) is 15.7. The third-order valence-corrected chi connectivity index (χ3v) is 6.45. The van der Waals surface area contributed by atoms with Crippen molar-refractivity contribution in [3.05, 3.63) is 65.2 Å². The van der Waals surface area contributed by atoms with Crippen molar-refractivity contribution in [3.63, 3.8) is 0 Å². The lowest BCUT2D eigenvalue weighted by molar-refractivity contribution is -0.122. The van der Waals surface area contributed by atoms with E-state index in [2.05, 4.69) is 10.2 Å². The Bertz CT molecular complexity index is 966. The number of hydrogen-bond donors (Lipinski definition) is 2. The van der Waals surface area contributed by atoms with Crippen molar-refractivity contribution in [2.24, 2.45) is 0 Å². The Morgan fingerprint density at radius 3 is 2.71 bits per heavy atom. The summed E-state index contributed by atoms with van der Waals surface area (Å²) in [4.78, 5) is 30.0. The van der Waals surface area contributed by atoms with Crippen LogP contribution in [-0.2, 0) is 17.9 Å². The number of piperidine rings is 1. The molecule has 2 heterocycles. The average Bonchev–Trinajstić information content (AvgIpc) is 2.85. The van der Waals surface area contributed by atoms with E-state index in [-0.39, 0.29) is 18.4 Å². The maximum atomic E-state index is 13.5. The summed E-state index contributed by atoms with van der Waals surface area (Å²) in [5, 5.41) is 13.1. The van der Waals surface area contributed by atoms with Gasteiger partial charge in [-0.25, -0.2) is 0 Å². The van der Waals surface area contributed by atoms with E-state index >= 15 is 0 Å². The van der Waals surface area contributed by atoms with Crippen molar-refractivity contribution in [1.82, 2.24) is 15.1 Å². The Kier molecular flexibility index (Phi) is 8.55. The van der Waals surface area contributed by atoms with Crippen molar-refractivity contribution in [1.29, 1.82) is 0 Å². The maximum Gasteiger partial charge on any atom is 0.254 e. The fourth-order valence-corrected chi connectivity index (χ4v) is 4.68. The lowest BCUT2D eigenvalue weighted by atomic mass is 10.0. The maximum absolute atomic E-state index is 13.5. The van der Waals surface area contributed by atoms with Crippen LogP contribution in [0.25, 0.3) is 0 Å². The molecule has 0 bridgehead atoms. The number of β-amino-alcohol motifs (C(OH)–C–C–N with tert-alkyl or cyclic N) is 1. The largest absolute Gasteiger partial charge is 0.493 e. The summed E-state index contributed by atoms with van der Waals surface area (Å²) in [7, 11) is 0. The van der Waals surface area contributed by atoms with E-state index < -0.39 is 6.10 Å². The zero-order chi connectivity index (χ0) is 23.8. The number of likely N-dealkylation sites (tertiary alicyclic amines) is 1. The van der Waals surface area contributed by atoms with Crippen LogP contribution in [0.4, 0.5) is 0 Å². The molecular weight excluding hydrogens is 430 g/mol. The first-order valence-electron chi connectivity index (χ1n) is 12.3. The first-order chi connectivity index (χ1) is 16.6. The quantitative estimate of drug-likeness (QED) is 0.728. The van der Waals surface area contributed by atoms with Crippen LogP contribution in [0.2, 0.25) is 0 Å². The highest BCUT2D eigenvalue weighted by Crippen LogP contribution is 2.28. The molecular formula is C27H35N3O4. The highest BCUT2D eigenvalue weighted by atomic mass is 16.5. The summed E-state index contributed by atoms with van der Waals surface area (Å²) >= 11 is 0.